The highest BCUT2D eigenvalue weighted by atomic mass is 79.9. The van der Waals surface area contributed by atoms with E-state index in [1.807, 2.05) is 0 Å². The Morgan fingerprint density at radius 3 is 2.28 bits per heavy atom. The number of hydrogen-bond acceptors (Lipinski definition) is 5. The van der Waals surface area contributed by atoms with E-state index >= 15 is 0 Å². The Bertz CT molecular complexity index is 762. The molecule has 0 radical (unpaired) electrons. The molecule has 130 valence electrons. The number of nitrogens with one attached hydrogen (secondary N) is 2. The van der Waals surface area contributed by atoms with Crippen LogP contribution in [0.15, 0.2) is 53.0 Å². The van der Waals surface area contributed by atoms with Gasteiger partial charge in [-0.2, -0.15) is 0 Å². The van der Waals surface area contributed by atoms with Crippen molar-refractivity contribution >= 4 is 39.1 Å². The first kappa shape index (κ1) is 18.4. The Hall–Kier alpha value is -2.94. The summed E-state index contributed by atoms with van der Waals surface area (Å²) in [5, 5.41) is 15.6. The van der Waals surface area contributed by atoms with Gasteiger partial charge in [0.1, 0.15) is 5.75 Å². The van der Waals surface area contributed by atoms with E-state index in [-0.39, 0.29) is 24.7 Å². The lowest BCUT2D eigenvalue weighted by Crippen LogP contribution is -2.35. The van der Waals surface area contributed by atoms with E-state index in [0.29, 0.717) is 11.4 Å². The van der Waals surface area contributed by atoms with E-state index in [1.54, 1.807) is 24.3 Å². The highest BCUT2D eigenvalue weighted by Gasteiger charge is 2.08. The summed E-state index contributed by atoms with van der Waals surface area (Å²) in [6, 6.07) is 12.4. The summed E-state index contributed by atoms with van der Waals surface area (Å²) in [4.78, 5) is 33.4. The number of halogens is 1. The van der Waals surface area contributed by atoms with E-state index in [0.717, 1.165) is 4.47 Å². The van der Waals surface area contributed by atoms with Gasteiger partial charge in [-0.25, -0.2) is 0 Å². The molecule has 0 aliphatic heterocycles. The number of nitro groups is 1. The molecule has 0 saturated heterocycles. The number of rotatable bonds is 7. The molecule has 0 spiro atoms. The first-order valence-corrected chi connectivity index (χ1v) is 7.93. The van der Waals surface area contributed by atoms with E-state index in [9.17, 15) is 19.7 Å². The van der Waals surface area contributed by atoms with Crippen molar-refractivity contribution in [1.82, 2.24) is 5.32 Å². The fourth-order valence-electron chi connectivity index (χ4n) is 1.78. The molecule has 2 N–H and O–H groups in total. The molecule has 0 heterocycles. The maximum absolute atomic E-state index is 11.7. The van der Waals surface area contributed by atoms with Crippen LogP contribution in [0.2, 0.25) is 0 Å². The van der Waals surface area contributed by atoms with Crippen LogP contribution >= 0.6 is 15.9 Å². The van der Waals surface area contributed by atoms with Gasteiger partial charge in [0.25, 0.3) is 11.6 Å². The number of benzene rings is 2. The molecule has 0 atom stereocenters. The maximum atomic E-state index is 11.7. The molecule has 2 rings (SSSR count). The second kappa shape index (κ2) is 8.78. The number of amides is 2. The van der Waals surface area contributed by atoms with Crippen molar-refractivity contribution in [3.05, 3.63) is 63.1 Å². The zero-order valence-corrected chi connectivity index (χ0v) is 14.5. The van der Waals surface area contributed by atoms with E-state index < -0.39 is 10.8 Å². The summed E-state index contributed by atoms with van der Waals surface area (Å²) in [5.74, 6) is -0.532. The van der Waals surface area contributed by atoms with Gasteiger partial charge >= 0.3 is 0 Å². The molecule has 0 aliphatic carbocycles. The van der Waals surface area contributed by atoms with E-state index in [1.165, 1.54) is 24.3 Å². The smallest absolute Gasteiger partial charge is 0.269 e. The molecule has 2 aromatic rings. The average molecular weight is 408 g/mol. The Morgan fingerprint density at radius 1 is 1.04 bits per heavy atom. The Labute approximate surface area is 151 Å². The Balaban J connectivity index is 1.72. The van der Waals surface area contributed by atoms with Crippen molar-refractivity contribution in [3.63, 3.8) is 0 Å². The quantitative estimate of drug-likeness (QED) is 0.540. The predicted molar refractivity (Wildman–Crippen MR) is 94.4 cm³/mol. The number of carbonyl (C=O) groups is 2. The summed E-state index contributed by atoms with van der Waals surface area (Å²) >= 11 is 3.29. The van der Waals surface area contributed by atoms with Crippen LogP contribution in [0.3, 0.4) is 0 Å². The van der Waals surface area contributed by atoms with Gasteiger partial charge in [0, 0.05) is 22.3 Å². The fourth-order valence-corrected chi connectivity index (χ4v) is 2.05. The standard InChI is InChI=1S/C16H14BrN3O5/c17-11-1-3-12(4-2-11)19-15(21)9-18-16(22)10-25-14-7-5-13(6-8-14)20(23)24/h1-8H,9-10H2,(H,18,22)(H,19,21). The van der Waals surface area contributed by atoms with Gasteiger partial charge in [-0.15, -0.1) is 0 Å². The second-order valence-electron chi connectivity index (χ2n) is 4.87. The number of anilines is 1. The maximum Gasteiger partial charge on any atom is 0.269 e. The SMILES string of the molecule is O=C(COc1ccc([N+](=O)[O-])cc1)NCC(=O)Nc1ccc(Br)cc1. The summed E-state index contributed by atoms with van der Waals surface area (Å²) in [7, 11) is 0. The molecular weight excluding hydrogens is 394 g/mol. The van der Waals surface area contributed by atoms with Gasteiger partial charge in [-0.05, 0) is 36.4 Å². The highest BCUT2D eigenvalue weighted by molar-refractivity contribution is 9.10. The predicted octanol–water partition coefficient (Wildman–Crippen LogP) is 2.49. The van der Waals surface area contributed by atoms with Crippen LogP contribution in [0.5, 0.6) is 5.75 Å². The molecule has 25 heavy (non-hydrogen) atoms. The zero-order valence-electron chi connectivity index (χ0n) is 12.9. The Morgan fingerprint density at radius 2 is 1.68 bits per heavy atom. The minimum Gasteiger partial charge on any atom is -0.484 e. The van der Waals surface area contributed by atoms with Gasteiger partial charge in [0.05, 0.1) is 11.5 Å². The highest BCUT2D eigenvalue weighted by Crippen LogP contribution is 2.17. The minimum atomic E-state index is -0.527. The molecule has 8 nitrogen and oxygen atoms in total. The topological polar surface area (TPSA) is 111 Å². The third-order valence-electron chi connectivity index (χ3n) is 2.99. The van der Waals surface area contributed by atoms with E-state index in [2.05, 4.69) is 26.6 Å². The van der Waals surface area contributed by atoms with Gasteiger partial charge in [0.15, 0.2) is 6.61 Å². The van der Waals surface area contributed by atoms with Gasteiger partial charge < -0.3 is 15.4 Å². The molecule has 0 aromatic heterocycles. The molecular formula is C16H14BrN3O5. The molecule has 0 aliphatic rings. The first-order chi connectivity index (χ1) is 11.9. The number of hydrogen-bond donors (Lipinski definition) is 2. The van der Waals surface area contributed by atoms with Crippen LogP contribution in [-0.2, 0) is 9.59 Å². The number of nitro benzene ring substituents is 1. The number of non-ortho nitro benzene ring substituents is 1. The molecule has 0 bridgehead atoms. The molecule has 0 saturated carbocycles. The van der Waals surface area contributed by atoms with Crippen LogP contribution in [0.1, 0.15) is 0 Å². The molecule has 0 unspecified atom stereocenters. The molecule has 0 fully saturated rings. The van der Waals surface area contributed by atoms with Crippen LogP contribution in [0.25, 0.3) is 0 Å². The van der Waals surface area contributed by atoms with Gasteiger partial charge in [0.2, 0.25) is 5.91 Å². The van der Waals surface area contributed by atoms with E-state index in [4.69, 9.17) is 4.74 Å². The first-order valence-electron chi connectivity index (χ1n) is 7.13. The molecule has 2 amide bonds. The Kier molecular flexibility index (Phi) is 6.47. The van der Waals surface area contributed by atoms with Crippen molar-refractivity contribution in [1.29, 1.82) is 0 Å². The van der Waals surface area contributed by atoms with Crippen molar-refractivity contribution in [2.24, 2.45) is 0 Å². The lowest BCUT2D eigenvalue weighted by Gasteiger charge is -2.08. The minimum absolute atomic E-state index is 0.0681. The zero-order chi connectivity index (χ0) is 18.2. The monoisotopic (exact) mass is 407 g/mol. The van der Waals surface area contributed by atoms with Crippen LogP contribution in [-0.4, -0.2) is 29.9 Å². The van der Waals surface area contributed by atoms with Crippen LogP contribution in [0.4, 0.5) is 11.4 Å². The second-order valence-corrected chi connectivity index (χ2v) is 5.79. The summed E-state index contributed by atoms with van der Waals surface area (Å²) in [6.45, 7) is -0.498. The fraction of sp³-hybridized carbons (Fsp3) is 0.125. The van der Waals surface area contributed by atoms with Crippen molar-refractivity contribution < 1.29 is 19.2 Å². The normalized spacial score (nSPS) is 9.96. The largest absolute Gasteiger partial charge is 0.484 e. The summed E-state index contributed by atoms with van der Waals surface area (Å²) in [5.41, 5.74) is 0.547. The summed E-state index contributed by atoms with van der Waals surface area (Å²) < 4.78 is 6.09. The molecule has 9 heteroatoms. The number of ether oxygens (including phenoxy) is 1. The summed E-state index contributed by atoms with van der Waals surface area (Å²) in [6.07, 6.45) is 0. The lowest BCUT2D eigenvalue weighted by molar-refractivity contribution is -0.384. The average Bonchev–Trinajstić information content (AvgIpc) is 2.60. The van der Waals surface area contributed by atoms with Crippen molar-refractivity contribution in [2.45, 2.75) is 0 Å². The van der Waals surface area contributed by atoms with Gasteiger partial charge in [-0.1, -0.05) is 15.9 Å². The third kappa shape index (κ3) is 6.22. The lowest BCUT2D eigenvalue weighted by atomic mass is 10.3. The van der Waals surface area contributed by atoms with Crippen LogP contribution < -0.4 is 15.4 Å². The van der Waals surface area contributed by atoms with Crippen molar-refractivity contribution in [3.8, 4) is 5.75 Å². The number of nitrogens with zero attached hydrogens (tertiary/aromatic N) is 1. The van der Waals surface area contributed by atoms with Gasteiger partial charge in [-0.3, -0.25) is 19.7 Å². The van der Waals surface area contributed by atoms with Crippen LogP contribution in [0, 0.1) is 10.1 Å². The number of carbonyl (C=O) groups excluding carboxylic acids is 2. The van der Waals surface area contributed by atoms with Crippen molar-refractivity contribution in [2.75, 3.05) is 18.5 Å². The molecule has 2 aromatic carbocycles. The third-order valence-corrected chi connectivity index (χ3v) is 3.52.